The number of hydrogen-bond acceptors (Lipinski definition) is 2. The second-order valence-electron chi connectivity index (χ2n) is 3.82. The van der Waals surface area contributed by atoms with E-state index in [2.05, 4.69) is 13.8 Å². The molecule has 1 fully saturated rings. The van der Waals surface area contributed by atoms with E-state index in [-0.39, 0.29) is 19.3 Å². The van der Waals surface area contributed by atoms with E-state index in [1.807, 2.05) is 0 Å². The fourth-order valence-corrected chi connectivity index (χ4v) is 1.86. The predicted octanol–water partition coefficient (Wildman–Crippen LogP) is 1.82. The van der Waals surface area contributed by atoms with Gasteiger partial charge in [0.25, 0.3) is 0 Å². The summed E-state index contributed by atoms with van der Waals surface area (Å²) in [7, 11) is 0. The van der Waals surface area contributed by atoms with Crippen molar-refractivity contribution in [1.82, 2.24) is 0 Å². The Morgan fingerprint density at radius 3 is 3.00 bits per heavy atom. The lowest BCUT2D eigenvalue weighted by Gasteiger charge is -2.21. The molecule has 1 aliphatic heterocycles. The summed E-state index contributed by atoms with van der Waals surface area (Å²) in [6.07, 6.45) is 2.93. The molecule has 4 atom stereocenters. The zero-order chi connectivity index (χ0) is 9.84. The quantitative estimate of drug-likeness (QED) is 0.704. The van der Waals surface area contributed by atoms with Crippen molar-refractivity contribution in [3.8, 4) is 0 Å². The van der Waals surface area contributed by atoms with Crippen LogP contribution in [0, 0.1) is 11.8 Å². The van der Waals surface area contributed by atoms with Crippen molar-refractivity contribution in [2.45, 2.75) is 39.2 Å². The predicted molar refractivity (Wildman–Crippen MR) is 49.0 cm³/mol. The minimum Gasteiger partial charge on any atom is -0.396 e. The van der Waals surface area contributed by atoms with Gasteiger partial charge in [-0.3, -0.25) is 0 Å². The molecule has 0 aromatic rings. The van der Waals surface area contributed by atoms with Crippen molar-refractivity contribution in [2.75, 3.05) is 13.2 Å². The Kier molecular flexibility index (Phi) is 3.43. The van der Waals surface area contributed by atoms with Crippen molar-refractivity contribution in [3.05, 3.63) is 0 Å². The minimum atomic E-state index is -0.323. The van der Waals surface area contributed by atoms with Crippen LogP contribution in [0.15, 0.2) is 0 Å². The maximum Gasteiger partial charge on any atom is 0.0626 e. The Balaban J connectivity index is 2.33. The average Bonchev–Trinajstić information content (AvgIpc) is 2.41. The molecular formula is C10H20O2. The Morgan fingerprint density at radius 2 is 2.50 bits per heavy atom. The van der Waals surface area contributed by atoms with Gasteiger partial charge in [0.1, 0.15) is 0 Å². The summed E-state index contributed by atoms with van der Waals surface area (Å²) >= 11 is 0. The average molecular weight is 174 g/mol. The summed E-state index contributed by atoms with van der Waals surface area (Å²) < 4.78 is 13.0. The normalized spacial score (nSPS) is 39.6. The van der Waals surface area contributed by atoms with E-state index in [1.54, 1.807) is 0 Å². The van der Waals surface area contributed by atoms with Crippen molar-refractivity contribution in [1.29, 1.82) is 0 Å². The molecule has 2 heteroatoms. The molecule has 0 saturated carbocycles. The Bertz CT molecular complexity index is 152. The smallest absolute Gasteiger partial charge is 0.0626 e. The molecule has 1 heterocycles. The topological polar surface area (TPSA) is 29.5 Å². The molecule has 1 N–H and O–H groups in total. The highest BCUT2D eigenvalue weighted by Gasteiger charge is 2.28. The van der Waals surface area contributed by atoms with Gasteiger partial charge in [0.15, 0.2) is 0 Å². The molecule has 0 amide bonds. The van der Waals surface area contributed by atoms with Crippen LogP contribution in [-0.4, -0.2) is 24.4 Å². The Labute approximate surface area is 76.3 Å². The standard InChI is InChI=1S/C10H20O2/c1-8(4-3-6-11)10-9(2)5-7-12-10/h8-11H,3-7H2,1-2H3/t8-,9-,10+/m0/s1/i7T/t7-,8+,9+,10-/m1. The van der Waals surface area contributed by atoms with Gasteiger partial charge in [-0.1, -0.05) is 13.8 Å². The molecule has 0 unspecified atom stereocenters. The SMILES string of the molecule is [3H][C@@H]1C[C@H](C)[C@@H]([C@@H](C)CCCO)O1. The molecule has 0 bridgehead atoms. The van der Waals surface area contributed by atoms with Crippen LogP contribution in [0.3, 0.4) is 0 Å². The van der Waals surface area contributed by atoms with Gasteiger partial charge in [0.05, 0.1) is 7.47 Å². The van der Waals surface area contributed by atoms with Crippen LogP contribution in [0.5, 0.6) is 0 Å². The van der Waals surface area contributed by atoms with Gasteiger partial charge in [-0.2, -0.15) is 0 Å². The number of aliphatic hydroxyl groups excluding tert-OH is 1. The molecule has 0 spiro atoms. The van der Waals surface area contributed by atoms with E-state index in [1.165, 1.54) is 0 Å². The third kappa shape index (κ3) is 2.46. The maximum atomic E-state index is 8.70. The summed E-state index contributed by atoms with van der Waals surface area (Å²) in [6, 6.07) is 0. The highest BCUT2D eigenvalue weighted by molar-refractivity contribution is 4.77. The van der Waals surface area contributed by atoms with Crippen LogP contribution in [0.25, 0.3) is 0 Å². The first-order chi connectivity index (χ1) is 6.15. The van der Waals surface area contributed by atoms with Crippen LogP contribution in [0.4, 0.5) is 0 Å². The number of aliphatic hydroxyl groups is 1. The largest absolute Gasteiger partial charge is 0.396 e. The third-order valence-electron chi connectivity index (χ3n) is 2.66. The first-order valence-corrected chi connectivity index (χ1v) is 4.83. The number of hydrogen-bond donors (Lipinski definition) is 1. The molecule has 12 heavy (non-hydrogen) atoms. The zero-order valence-corrected chi connectivity index (χ0v) is 7.99. The summed E-state index contributed by atoms with van der Waals surface area (Å²) in [6.45, 7) is 4.23. The molecule has 72 valence electrons. The van der Waals surface area contributed by atoms with Crippen LogP contribution in [0.2, 0.25) is 0 Å². The Morgan fingerprint density at radius 1 is 1.75 bits per heavy atom. The summed E-state index contributed by atoms with van der Waals surface area (Å²) in [4.78, 5) is 0. The molecule has 0 aromatic carbocycles. The van der Waals surface area contributed by atoms with E-state index in [9.17, 15) is 0 Å². The summed E-state index contributed by atoms with van der Waals surface area (Å²) in [5, 5.41) is 8.70. The van der Waals surface area contributed by atoms with Crippen molar-refractivity contribution in [2.24, 2.45) is 11.8 Å². The van der Waals surface area contributed by atoms with E-state index in [0.717, 1.165) is 19.3 Å². The minimum absolute atomic E-state index is 0.231. The van der Waals surface area contributed by atoms with Crippen molar-refractivity contribution in [3.63, 3.8) is 0 Å². The molecule has 0 aliphatic carbocycles. The number of rotatable bonds is 4. The lowest BCUT2D eigenvalue weighted by Crippen LogP contribution is -2.22. The van der Waals surface area contributed by atoms with E-state index in [4.69, 9.17) is 11.2 Å². The second-order valence-corrected chi connectivity index (χ2v) is 3.82. The summed E-state index contributed by atoms with van der Waals surface area (Å²) in [5.74, 6) is 0.966. The van der Waals surface area contributed by atoms with Crippen molar-refractivity contribution >= 4 is 0 Å². The van der Waals surface area contributed by atoms with Gasteiger partial charge in [-0.05, 0) is 31.1 Å². The lowest BCUT2D eigenvalue weighted by atomic mass is 9.90. The molecule has 1 aliphatic rings. The van der Waals surface area contributed by atoms with Crippen molar-refractivity contribution < 1.29 is 11.2 Å². The summed E-state index contributed by atoms with van der Waals surface area (Å²) in [5.41, 5.74) is 0. The van der Waals surface area contributed by atoms with E-state index < -0.39 is 0 Å². The van der Waals surface area contributed by atoms with Gasteiger partial charge in [0.2, 0.25) is 0 Å². The first-order valence-electron chi connectivity index (χ1n) is 5.41. The second kappa shape index (κ2) is 4.83. The fraction of sp³-hybridized carbons (Fsp3) is 1.00. The lowest BCUT2D eigenvalue weighted by molar-refractivity contribution is 0.0459. The Hall–Kier alpha value is -0.0800. The molecule has 1 rings (SSSR count). The zero-order valence-electron chi connectivity index (χ0n) is 8.99. The van der Waals surface area contributed by atoms with Gasteiger partial charge in [-0.25, -0.2) is 0 Å². The van der Waals surface area contributed by atoms with Gasteiger partial charge < -0.3 is 9.84 Å². The van der Waals surface area contributed by atoms with Crippen LogP contribution in [-0.2, 0) is 4.74 Å². The van der Waals surface area contributed by atoms with Gasteiger partial charge in [0, 0.05) is 13.2 Å². The van der Waals surface area contributed by atoms with Crippen LogP contribution < -0.4 is 0 Å². The first kappa shape index (κ1) is 8.52. The highest BCUT2D eigenvalue weighted by atomic mass is 16.5. The van der Waals surface area contributed by atoms with Crippen LogP contribution >= 0.6 is 0 Å². The highest BCUT2D eigenvalue weighted by Crippen LogP contribution is 2.28. The monoisotopic (exact) mass is 174 g/mol. The molecule has 0 radical (unpaired) electrons. The molecule has 1 saturated heterocycles. The van der Waals surface area contributed by atoms with Crippen LogP contribution in [0.1, 0.15) is 34.5 Å². The maximum absolute atomic E-state index is 8.70. The van der Waals surface area contributed by atoms with Gasteiger partial charge in [-0.15, -0.1) is 0 Å². The van der Waals surface area contributed by atoms with E-state index >= 15 is 0 Å². The molecule has 0 aromatic heterocycles. The molecular weight excluding hydrogens is 152 g/mol. The van der Waals surface area contributed by atoms with E-state index in [0.29, 0.717) is 11.8 Å². The molecule has 2 nitrogen and oxygen atoms in total. The third-order valence-corrected chi connectivity index (χ3v) is 2.66. The number of ether oxygens (including phenoxy) is 1. The van der Waals surface area contributed by atoms with Gasteiger partial charge >= 0.3 is 0 Å². The fourth-order valence-electron chi connectivity index (χ4n) is 1.86.